The van der Waals surface area contributed by atoms with E-state index in [2.05, 4.69) is 0 Å². The molecule has 1 N–H and O–H groups in total. The Bertz CT molecular complexity index is 1430. The average molecular weight is 491 g/mol. The van der Waals surface area contributed by atoms with Crippen molar-refractivity contribution in [3.8, 4) is 34.1 Å². The Morgan fingerprint density at radius 2 is 1.23 bits per heavy atom. The van der Waals surface area contributed by atoms with E-state index < -0.39 is 9.84 Å². The lowest BCUT2D eigenvalue weighted by Crippen LogP contribution is -2.02. The van der Waals surface area contributed by atoms with Gasteiger partial charge in [0.15, 0.2) is 11.5 Å². The van der Waals surface area contributed by atoms with Crippen LogP contribution in [0.25, 0.3) is 11.1 Å². The van der Waals surface area contributed by atoms with Crippen molar-refractivity contribution in [3.63, 3.8) is 0 Å². The SMILES string of the molecule is COc1ccc(-c2ccc(Oc3ccc(S(=O)(=O)c4ccc(C)cc4)cc3)c(CO)c2)cc1OC. The molecule has 180 valence electrons. The highest BCUT2D eigenvalue weighted by Gasteiger charge is 2.18. The van der Waals surface area contributed by atoms with Crippen molar-refractivity contribution < 1.29 is 27.7 Å². The number of rotatable bonds is 8. The van der Waals surface area contributed by atoms with E-state index in [-0.39, 0.29) is 16.4 Å². The van der Waals surface area contributed by atoms with Crippen molar-refractivity contribution in [2.75, 3.05) is 14.2 Å². The van der Waals surface area contributed by atoms with Crippen molar-refractivity contribution in [2.24, 2.45) is 0 Å². The minimum Gasteiger partial charge on any atom is -0.493 e. The first-order valence-electron chi connectivity index (χ1n) is 10.9. The predicted octanol–water partition coefficient (Wildman–Crippen LogP) is 5.80. The summed E-state index contributed by atoms with van der Waals surface area (Å²) in [7, 11) is -0.460. The molecule has 4 rings (SSSR count). The molecule has 0 saturated carbocycles. The molecule has 0 atom stereocenters. The molecule has 6 nitrogen and oxygen atoms in total. The van der Waals surface area contributed by atoms with E-state index in [1.807, 2.05) is 37.3 Å². The number of aliphatic hydroxyl groups is 1. The van der Waals surface area contributed by atoms with Crippen molar-refractivity contribution in [1.82, 2.24) is 0 Å². The monoisotopic (exact) mass is 490 g/mol. The molecule has 4 aromatic carbocycles. The first-order valence-corrected chi connectivity index (χ1v) is 12.4. The highest BCUT2D eigenvalue weighted by molar-refractivity contribution is 7.91. The number of sulfone groups is 1. The maximum absolute atomic E-state index is 12.9. The Hall–Kier alpha value is -3.81. The van der Waals surface area contributed by atoms with Crippen LogP contribution in [-0.4, -0.2) is 27.7 Å². The summed E-state index contributed by atoms with van der Waals surface area (Å²) < 4.78 is 42.4. The number of benzene rings is 4. The maximum Gasteiger partial charge on any atom is 0.206 e. The second-order valence-corrected chi connectivity index (χ2v) is 9.89. The van der Waals surface area contributed by atoms with Gasteiger partial charge < -0.3 is 19.3 Å². The summed E-state index contributed by atoms with van der Waals surface area (Å²) in [6.07, 6.45) is 0. The molecule has 0 radical (unpaired) electrons. The van der Waals surface area contributed by atoms with Gasteiger partial charge in [-0.2, -0.15) is 0 Å². The summed E-state index contributed by atoms with van der Waals surface area (Å²) in [6.45, 7) is 1.68. The zero-order valence-electron chi connectivity index (χ0n) is 19.7. The molecule has 0 heterocycles. The van der Waals surface area contributed by atoms with Gasteiger partial charge in [-0.25, -0.2) is 8.42 Å². The molecular formula is C28H26O6S. The molecule has 0 amide bonds. The third-order valence-electron chi connectivity index (χ3n) is 5.64. The Kier molecular flexibility index (Phi) is 7.10. The van der Waals surface area contributed by atoms with Gasteiger partial charge in [0.05, 0.1) is 30.6 Å². The molecule has 0 aliphatic rings. The predicted molar refractivity (Wildman–Crippen MR) is 134 cm³/mol. The summed E-state index contributed by atoms with van der Waals surface area (Å²) in [6, 6.07) is 24.1. The minimum absolute atomic E-state index is 0.180. The van der Waals surface area contributed by atoms with Gasteiger partial charge in [0, 0.05) is 5.56 Å². The van der Waals surface area contributed by atoms with Crippen LogP contribution in [0, 0.1) is 6.92 Å². The summed E-state index contributed by atoms with van der Waals surface area (Å²) in [5, 5.41) is 9.94. The van der Waals surface area contributed by atoms with Gasteiger partial charge in [-0.05, 0) is 78.7 Å². The third kappa shape index (κ3) is 5.16. The summed E-state index contributed by atoms with van der Waals surface area (Å²) in [4.78, 5) is 0.421. The van der Waals surface area contributed by atoms with Crippen LogP contribution in [-0.2, 0) is 16.4 Å². The lowest BCUT2D eigenvalue weighted by molar-refractivity contribution is 0.276. The standard InChI is InChI=1S/C28H26O6S/c1-19-4-10-24(11-5-19)35(30,31)25-12-8-23(9-13-25)34-26-14-6-20(16-22(26)18-29)21-7-15-27(32-2)28(17-21)33-3/h4-17,29H,18H2,1-3H3. The summed E-state index contributed by atoms with van der Waals surface area (Å²) >= 11 is 0. The number of aryl methyl sites for hydroxylation is 1. The van der Waals surface area contributed by atoms with Gasteiger partial charge in [0.25, 0.3) is 0 Å². The van der Waals surface area contributed by atoms with Crippen molar-refractivity contribution in [3.05, 3.63) is 96.1 Å². The fraction of sp³-hybridized carbons (Fsp3) is 0.143. The van der Waals surface area contributed by atoms with Crippen LogP contribution in [0.5, 0.6) is 23.0 Å². The zero-order valence-corrected chi connectivity index (χ0v) is 20.5. The molecule has 0 spiro atoms. The van der Waals surface area contributed by atoms with Gasteiger partial charge in [-0.3, -0.25) is 0 Å². The highest BCUT2D eigenvalue weighted by Crippen LogP contribution is 2.35. The van der Waals surface area contributed by atoms with Crippen molar-refractivity contribution in [2.45, 2.75) is 23.3 Å². The summed E-state index contributed by atoms with van der Waals surface area (Å²) in [5.41, 5.74) is 3.36. The second kappa shape index (κ2) is 10.2. The quantitative estimate of drug-likeness (QED) is 0.336. The fourth-order valence-corrected chi connectivity index (χ4v) is 4.93. The molecule has 0 aromatic heterocycles. The molecule has 0 unspecified atom stereocenters. The number of hydrogen-bond acceptors (Lipinski definition) is 6. The van der Waals surface area contributed by atoms with Gasteiger partial charge in [0.1, 0.15) is 11.5 Å². The smallest absolute Gasteiger partial charge is 0.206 e. The zero-order chi connectivity index (χ0) is 25.0. The van der Waals surface area contributed by atoms with E-state index >= 15 is 0 Å². The number of methoxy groups -OCH3 is 2. The molecule has 4 aromatic rings. The van der Waals surface area contributed by atoms with E-state index in [0.29, 0.717) is 28.6 Å². The van der Waals surface area contributed by atoms with Gasteiger partial charge >= 0.3 is 0 Å². The van der Waals surface area contributed by atoms with Crippen molar-refractivity contribution in [1.29, 1.82) is 0 Å². The molecule has 0 aliphatic heterocycles. The van der Waals surface area contributed by atoms with E-state index in [0.717, 1.165) is 16.7 Å². The Morgan fingerprint density at radius 1 is 0.686 bits per heavy atom. The van der Waals surface area contributed by atoms with Crippen molar-refractivity contribution >= 4 is 9.84 Å². The third-order valence-corrected chi connectivity index (χ3v) is 7.43. The first kappa shape index (κ1) is 24.3. The lowest BCUT2D eigenvalue weighted by Gasteiger charge is -2.14. The normalized spacial score (nSPS) is 11.2. The van der Waals surface area contributed by atoms with E-state index in [1.54, 1.807) is 56.7 Å². The topological polar surface area (TPSA) is 82.1 Å². The molecule has 7 heteroatoms. The summed E-state index contributed by atoms with van der Waals surface area (Å²) in [5.74, 6) is 2.18. The number of aliphatic hydroxyl groups excluding tert-OH is 1. The Morgan fingerprint density at radius 3 is 1.80 bits per heavy atom. The van der Waals surface area contributed by atoms with E-state index in [4.69, 9.17) is 14.2 Å². The Labute approximate surface area is 205 Å². The van der Waals surface area contributed by atoms with Crippen LogP contribution in [0.2, 0.25) is 0 Å². The molecule has 35 heavy (non-hydrogen) atoms. The highest BCUT2D eigenvalue weighted by atomic mass is 32.2. The molecule has 0 bridgehead atoms. The van der Waals surface area contributed by atoms with Crippen LogP contribution >= 0.6 is 0 Å². The van der Waals surface area contributed by atoms with E-state index in [1.165, 1.54) is 12.1 Å². The molecule has 0 fully saturated rings. The molecule has 0 aliphatic carbocycles. The van der Waals surface area contributed by atoms with Gasteiger partial charge in [-0.15, -0.1) is 0 Å². The van der Waals surface area contributed by atoms with Crippen LogP contribution < -0.4 is 14.2 Å². The second-order valence-electron chi connectivity index (χ2n) is 7.94. The molecule has 0 saturated heterocycles. The number of hydrogen-bond donors (Lipinski definition) is 1. The van der Waals surface area contributed by atoms with E-state index in [9.17, 15) is 13.5 Å². The van der Waals surface area contributed by atoms with Crippen LogP contribution in [0.1, 0.15) is 11.1 Å². The lowest BCUT2D eigenvalue weighted by atomic mass is 10.0. The van der Waals surface area contributed by atoms with Crippen LogP contribution in [0.3, 0.4) is 0 Å². The first-order chi connectivity index (χ1) is 16.8. The van der Waals surface area contributed by atoms with Gasteiger partial charge in [0.2, 0.25) is 9.84 Å². The fourth-order valence-electron chi connectivity index (χ4n) is 3.67. The average Bonchev–Trinajstić information content (AvgIpc) is 2.89. The van der Waals surface area contributed by atoms with Crippen LogP contribution in [0.15, 0.2) is 94.7 Å². The number of ether oxygens (including phenoxy) is 3. The largest absolute Gasteiger partial charge is 0.493 e. The van der Waals surface area contributed by atoms with Gasteiger partial charge in [-0.1, -0.05) is 29.8 Å². The minimum atomic E-state index is -3.62. The Balaban J connectivity index is 1.57. The molecular weight excluding hydrogens is 464 g/mol. The maximum atomic E-state index is 12.9. The van der Waals surface area contributed by atoms with Crippen LogP contribution in [0.4, 0.5) is 0 Å².